The first kappa shape index (κ1) is 20.3. The smallest absolute Gasteiger partial charge is 0.278 e. The molecule has 1 heterocycles. The van der Waals surface area contributed by atoms with Gasteiger partial charge in [-0.1, -0.05) is 48.5 Å². The Bertz CT molecular complexity index is 1140. The second kappa shape index (κ2) is 8.83. The standard InChI is InChI=1S/C25H21FN2O3/c1-31-21-12-10-17(11-13-21)14-15-28-24(29)22(18-6-3-2-4-7-18)23(25(28)30)27-20-9-5-8-19(26)16-20/h2-13,16,27H,14-15H2,1H3. The normalized spacial score (nSPS) is 13.7. The molecule has 0 bridgehead atoms. The predicted molar refractivity (Wildman–Crippen MR) is 117 cm³/mol. The third-order valence-electron chi connectivity index (χ3n) is 5.11. The molecule has 5 nitrogen and oxygen atoms in total. The van der Waals surface area contributed by atoms with Gasteiger partial charge in [-0.15, -0.1) is 0 Å². The van der Waals surface area contributed by atoms with E-state index in [9.17, 15) is 14.0 Å². The molecule has 0 radical (unpaired) electrons. The number of carbonyl (C=O) groups is 2. The largest absolute Gasteiger partial charge is 0.497 e. The van der Waals surface area contributed by atoms with Crippen LogP contribution in [0.25, 0.3) is 5.57 Å². The lowest BCUT2D eigenvalue weighted by Gasteiger charge is -2.15. The number of methoxy groups -OCH3 is 1. The summed E-state index contributed by atoms with van der Waals surface area (Å²) < 4.78 is 18.8. The van der Waals surface area contributed by atoms with E-state index in [2.05, 4.69) is 5.32 Å². The SMILES string of the molecule is COc1ccc(CCN2C(=O)C(Nc3cccc(F)c3)=C(c3ccccc3)C2=O)cc1. The number of nitrogens with zero attached hydrogens (tertiary/aromatic N) is 1. The van der Waals surface area contributed by atoms with E-state index in [0.29, 0.717) is 17.7 Å². The minimum Gasteiger partial charge on any atom is -0.497 e. The van der Waals surface area contributed by atoms with Crippen molar-refractivity contribution < 1.29 is 18.7 Å². The fourth-order valence-corrected chi connectivity index (χ4v) is 3.51. The number of halogens is 1. The van der Waals surface area contributed by atoms with Gasteiger partial charge in [0, 0.05) is 12.2 Å². The molecule has 1 aliphatic heterocycles. The van der Waals surface area contributed by atoms with Crippen LogP contribution < -0.4 is 10.1 Å². The summed E-state index contributed by atoms with van der Waals surface area (Å²) in [5.74, 6) is -0.489. The molecule has 156 valence electrons. The number of nitrogens with one attached hydrogen (secondary N) is 1. The highest BCUT2D eigenvalue weighted by Gasteiger charge is 2.38. The summed E-state index contributed by atoms with van der Waals surface area (Å²) in [6, 6.07) is 22.3. The molecule has 1 N–H and O–H groups in total. The summed E-state index contributed by atoms with van der Waals surface area (Å²) in [6.45, 7) is 0.231. The summed E-state index contributed by atoms with van der Waals surface area (Å²) >= 11 is 0. The molecule has 4 rings (SSSR count). The molecule has 6 heteroatoms. The number of amides is 2. The number of benzene rings is 3. The highest BCUT2D eigenvalue weighted by atomic mass is 19.1. The maximum Gasteiger partial charge on any atom is 0.278 e. The molecule has 3 aromatic carbocycles. The van der Waals surface area contributed by atoms with Crippen LogP contribution in [0.15, 0.2) is 84.6 Å². The van der Waals surface area contributed by atoms with Gasteiger partial charge in [0.1, 0.15) is 17.3 Å². The zero-order valence-corrected chi connectivity index (χ0v) is 17.0. The van der Waals surface area contributed by atoms with Crippen molar-refractivity contribution >= 4 is 23.1 Å². The number of rotatable bonds is 7. The lowest BCUT2D eigenvalue weighted by molar-refractivity contribution is -0.136. The third kappa shape index (κ3) is 4.33. The molecule has 0 unspecified atom stereocenters. The molecular weight excluding hydrogens is 395 g/mol. The van der Waals surface area contributed by atoms with Crippen molar-refractivity contribution in [1.82, 2.24) is 4.90 Å². The Morgan fingerprint density at radius 2 is 1.65 bits per heavy atom. The summed E-state index contributed by atoms with van der Waals surface area (Å²) in [7, 11) is 1.60. The fourth-order valence-electron chi connectivity index (χ4n) is 3.51. The molecule has 0 aliphatic carbocycles. The highest BCUT2D eigenvalue weighted by Crippen LogP contribution is 2.30. The number of hydrogen-bond acceptors (Lipinski definition) is 4. The minimum atomic E-state index is -0.431. The van der Waals surface area contributed by atoms with Gasteiger partial charge < -0.3 is 10.1 Å². The van der Waals surface area contributed by atoms with E-state index in [0.717, 1.165) is 11.3 Å². The molecule has 0 spiro atoms. The number of carbonyl (C=O) groups excluding carboxylic acids is 2. The van der Waals surface area contributed by atoms with Crippen LogP contribution in [0.3, 0.4) is 0 Å². The van der Waals surface area contributed by atoms with Gasteiger partial charge in [0.05, 0.1) is 12.7 Å². The van der Waals surface area contributed by atoms with Crippen LogP contribution in [-0.2, 0) is 16.0 Å². The molecule has 1 aliphatic rings. The first-order valence-electron chi connectivity index (χ1n) is 9.88. The lowest BCUT2D eigenvalue weighted by atomic mass is 10.0. The van der Waals surface area contributed by atoms with Crippen LogP contribution in [0.4, 0.5) is 10.1 Å². The molecule has 0 saturated carbocycles. The van der Waals surface area contributed by atoms with E-state index in [1.165, 1.54) is 17.0 Å². The Balaban J connectivity index is 1.61. The maximum atomic E-state index is 13.6. The van der Waals surface area contributed by atoms with Gasteiger partial charge in [-0.3, -0.25) is 14.5 Å². The van der Waals surface area contributed by atoms with Crippen molar-refractivity contribution in [2.75, 3.05) is 19.0 Å². The molecule has 0 atom stereocenters. The monoisotopic (exact) mass is 416 g/mol. The third-order valence-corrected chi connectivity index (χ3v) is 5.11. The summed E-state index contributed by atoms with van der Waals surface area (Å²) in [5, 5.41) is 2.96. The van der Waals surface area contributed by atoms with E-state index in [-0.39, 0.29) is 23.7 Å². The number of ether oxygens (including phenoxy) is 1. The predicted octanol–water partition coefficient (Wildman–Crippen LogP) is 4.27. The van der Waals surface area contributed by atoms with Crippen LogP contribution in [0.1, 0.15) is 11.1 Å². The summed E-state index contributed by atoms with van der Waals surface area (Å²) in [5.41, 5.74) is 2.45. The van der Waals surface area contributed by atoms with Crippen molar-refractivity contribution in [2.45, 2.75) is 6.42 Å². The zero-order valence-electron chi connectivity index (χ0n) is 17.0. The Kier molecular flexibility index (Phi) is 5.80. The quantitative estimate of drug-likeness (QED) is 0.585. The Morgan fingerprint density at radius 1 is 0.903 bits per heavy atom. The maximum absolute atomic E-state index is 13.6. The fraction of sp³-hybridized carbons (Fsp3) is 0.120. The van der Waals surface area contributed by atoms with E-state index in [4.69, 9.17) is 4.74 Å². The van der Waals surface area contributed by atoms with Crippen LogP contribution in [-0.4, -0.2) is 30.4 Å². The molecule has 31 heavy (non-hydrogen) atoms. The van der Waals surface area contributed by atoms with Crippen LogP contribution >= 0.6 is 0 Å². The first-order chi connectivity index (χ1) is 15.1. The number of hydrogen-bond donors (Lipinski definition) is 1. The second-order valence-electron chi connectivity index (χ2n) is 7.11. The molecule has 0 aromatic heterocycles. The van der Waals surface area contributed by atoms with Gasteiger partial charge in [-0.05, 0) is 47.9 Å². The summed E-state index contributed by atoms with van der Waals surface area (Å²) in [6.07, 6.45) is 0.511. The topological polar surface area (TPSA) is 58.6 Å². The van der Waals surface area contributed by atoms with Gasteiger partial charge in [0.15, 0.2) is 0 Å². The Hall–Kier alpha value is -3.93. The minimum absolute atomic E-state index is 0.150. The van der Waals surface area contributed by atoms with Crippen LogP contribution in [0.2, 0.25) is 0 Å². The van der Waals surface area contributed by atoms with Gasteiger partial charge in [0.25, 0.3) is 11.8 Å². The average molecular weight is 416 g/mol. The molecule has 0 fully saturated rings. The van der Waals surface area contributed by atoms with Crippen molar-refractivity contribution in [2.24, 2.45) is 0 Å². The van der Waals surface area contributed by atoms with E-state index in [1.807, 2.05) is 30.3 Å². The van der Waals surface area contributed by atoms with Crippen molar-refractivity contribution in [3.63, 3.8) is 0 Å². The van der Waals surface area contributed by atoms with E-state index in [1.54, 1.807) is 43.5 Å². The molecule has 3 aromatic rings. The van der Waals surface area contributed by atoms with Gasteiger partial charge in [-0.25, -0.2) is 4.39 Å². The van der Waals surface area contributed by atoms with Gasteiger partial charge in [-0.2, -0.15) is 0 Å². The van der Waals surface area contributed by atoms with Gasteiger partial charge >= 0.3 is 0 Å². The van der Waals surface area contributed by atoms with Crippen LogP contribution in [0.5, 0.6) is 5.75 Å². The molecule has 2 amide bonds. The molecule has 0 saturated heterocycles. The highest BCUT2D eigenvalue weighted by molar-refractivity contribution is 6.36. The zero-order chi connectivity index (χ0) is 21.8. The molecular formula is C25H21FN2O3. The van der Waals surface area contributed by atoms with Crippen molar-refractivity contribution in [1.29, 1.82) is 0 Å². The first-order valence-corrected chi connectivity index (χ1v) is 9.88. The lowest BCUT2D eigenvalue weighted by Crippen LogP contribution is -2.34. The van der Waals surface area contributed by atoms with Crippen molar-refractivity contribution in [3.8, 4) is 5.75 Å². The van der Waals surface area contributed by atoms with Gasteiger partial charge in [0.2, 0.25) is 0 Å². The Labute approximate surface area is 179 Å². The number of imide groups is 1. The average Bonchev–Trinajstić information content (AvgIpc) is 3.02. The van der Waals surface area contributed by atoms with Crippen LogP contribution in [0, 0.1) is 5.82 Å². The Morgan fingerprint density at radius 3 is 2.32 bits per heavy atom. The van der Waals surface area contributed by atoms with Crippen molar-refractivity contribution in [3.05, 3.63) is 102 Å². The second-order valence-corrected chi connectivity index (χ2v) is 7.11. The number of anilines is 1. The van der Waals surface area contributed by atoms with E-state index >= 15 is 0 Å². The summed E-state index contributed by atoms with van der Waals surface area (Å²) in [4.78, 5) is 27.6. The van der Waals surface area contributed by atoms with E-state index < -0.39 is 11.7 Å².